The molecular formula is C31H26FN2+. The van der Waals surface area contributed by atoms with Crippen LogP contribution in [0.5, 0.6) is 0 Å². The van der Waals surface area contributed by atoms with Crippen molar-refractivity contribution in [3.05, 3.63) is 83.8 Å². The van der Waals surface area contributed by atoms with Gasteiger partial charge in [0.25, 0.3) is 0 Å². The first-order valence-corrected chi connectivity index (χ1v) is 12.1. The van der Waals surface area contributed by atoms with E-state index in [1.165, 1.54) is 60.0 Å². The van der Waals surface area contributed by atoms with Crippen LogP contribution in [0, 0.1) is 18.7 Å². The Morgan fingerprint density at radius 2 is 1.62 bits per heavy atom. The molecule has 0 radical (unpaired) electrons. The van der Waals surface area contributed by atoms with E-state index in [1.54, 1.807) is 12.1 Å². The highest BCUT2D eigenvalue weighted by Gasteiger charge is 2.27. The molecule has 0 fully saturated rings. The minimum Gasteiger partial charge on any atom is -0.307 e. The topological polar surface area (TPSA) is 8.29 Å². The summed E-state index contributed by atoms with van der Waals surface area (Å²) in [7, 11) is 2.14. The second kappa shape index (κ2) is 6.66. The zero-order valence-corrected chi connectivity index (χ0v) is 19.9. The zero-order valence-electron chi connectivity index (χ0n) is 19.9. The van der Waals surface area contributed by atoms with Gasteiger partial charge in [0.1, 0.15) is 12.9 Å². The van der Waals surface area contributed by atoms with Crippen molar-refractivity contribution in [3.63, 3.8) is 0 Å². The predicted molar refractivity (Wildman–Crippen MR) is 141 cm³/mol. The van der Waals surface area contributed by atoms with Gasteiger partial charge in [0.2, 0.25) is 5.52 Å². The first kappa shape index (κ1) is 19.7. The predicted octanol–water partition coefficient (Wildman–Crippen LogP) is 7.61. The van der Waals surface area contributed by atoms with Crippen LogP contribution in [0.25, 0.3) is 59.8 Å². The molecule has 0 aliphatic rings. The van der Waals surface area contributed by atoms with Crippen LogP contribution in [0.1, 0.15) is 25.0 Å². The molecule has 0 aliphatic heterocycles. The Hall–Kier alpha value is -3.72. The second-order valence-corrected chi connectivity index (χ2v) is 10.2. The summed E-state index contributed by atoms with van der Waals surface area (Å²) in [5.41, 5.74) is 7.24. The van der Waals surface area contributed by atoms with Crippen molar-refractivity contribution < 1.29 is 8.96 Å². The molecule has 34 heavy (non-hydrogen) atoms. The second-order valence-electron chi connectivity index (χ2n) is 10.2. The van der Waals surface area contributed by atoms with Crippen LogP contribution < -0.4 is 4.57 Å². The highest BCUT2D eigenvalue weighted by Crippen LogP contribution is 2.44. The average molecular weight is 446 g/mol. The molecule has 0 bridgehead atoms. The van der Waals surface area contributed by atoms with E-state index in [0.29, 0.717) is 5.92 Å². The molecule has 0 saturated heterocycles. The number of halogens is 1. The summed E-state index contributed by atoms with van der Waals surface area (Å²) in [6.45, 7) is 6.81. The number of aromatic nitrogens is 2. The molecule has 0 saturated carbocycles. The lowest BCUT2D eigenvalue weighted by molar-refractivity contribution is -0.643. The van der Waals surface area contributed by atoms with Crippen LogP contribution in [0.4, 0.5) is 4.39 Å². The van der Waals surface area contributed by atoms with Gasteiger partial charge in [0.05, 0.1) is 27.3 Å². The van der Waals surface area contributed by atoms with Crippen molar-refractivity contribution in [1.82, 2.24) is 4.40 Å². The van der Waals surface area contributed by atoms with Gasteiger partial charge in [-0.1, -0.05) is 50.2 Å². The number of rotatable bonds is 2. The fourth-order valence-corrected chi connectivity index (χ4v) is 6.27. The van der Waals surface area contributed by atoms with Gasteiger partial charge in [0.15, 0.2) is 6.20 Å². The van der Waals surface area contributed by atoms with E-state index < -0.39 is 0 Å². The quantitative estimate of drug-likeness (QED) is 0.147. The lowest BCUT2D eigenvalue weighted by Gasteiger charge is -2.20. The smallest absolute Gasteiger partial charge is 0.224 e. The highest BCUT2D eigenvalue weighted by atomic mass is 19.1. The zero-order chi connectivity index (χ0) is 23.3. The Balaban J connectivity index is 1.96. The number of hydrogen-bond acceptors (Lipinski definition) is 0. The van der Waals surface area contributed by atoms with Crippen molar-refractivity contribution >= 4 is 59.8 Å². The van der Waals surface area contributed by atoms with Crippen LogP contribution in [0.15, 0.2) is 66.9 Å². The van der Waals surface area contributed by atoms with Crippen LogP contribution in [-0.4, -0.2) is 4.40 Å². The molecule has 166 valence electrons. The maximum Gasteiger partial charge on any atom is 0.224 e. The molecule has 0 unspecified atom stereocenters. The summed E-state index contributed by atoms with van der Waals surface area (Å²) in [6.07, 6.45) is 3.13. The molecule has 0 amide bonds. The molecule has 2 nitrogen and oxygen atoms in total. The van der Waals surface area contributed by atoms with Gasteiger partial charge >= 0.3 is 0 Å². The summed E-state index contributed by atoms with van der Waals surface area (Å²) < 4.78 is 19.3. The third-order valence-electron chi connectivity index (χ3n) is 7.62. The number of benzene rings is 4. The first-order chi connectivity index (χ1) is 16.5. The molecule has 3 aromatic heterocycles. The molecule has 7 aromatic rings. The monoisotopic (exact) mass is 445 g/mol. The van der Waals surface area contributed by atoms with Gasteiger partial charge in [-0.25, -0.2) is 8.96 Å². The number of pyridine rings is 2. The molecule has 4 aromatic carbocycles. The van der Waals surface area contributed by atoms with Gasteiger partial charge in [-0.2, -0.15) is 0 Å². The maximum atomic E-state index is 14.7. The maximum absolute atomic E-state index is 14.7. The van der Waals surface area contributed by atoms with E-state index in [1.807, 2.05) is 6.07 Å². The van der Waals surface area contributed by atoms with Crippen LogP contribution in [0.2, 0.25) is 0 Å². The fourth-order valence-electron chi connectivity index (χ4n) is 6.27. The summed E-state index contributed by atoms with van der Waals surface area (Å²) in [5.74, 6) is 0.294. The molecule has 0 atom stereocenters. The van der Waals surface area contributed by atoms with E-state index in [2.05, 4.69) is 85.4 Å². The largest absolute Gasteiger partial charge is 0.307 e. The Morgan fingerprint density at radius 1 is 0.853 bits per heavy atom. The van der Waals surface area contributed by atoms with E-state index in [4.69, 9.17) is 0 Å². The van der Waals surface area contributed by atoms with Crippen molar-refractivity contribution in [2.75, 3.05) is 0 Å². The van der Waals surface area contributed by atoms with Gasteiger partial charge in [-0.05, 0) is 64.7 Å². The van der Waals surface area contributed by atoms with E-state index in [9.17, 15) is 4.39 Å². The van der Waals surface area contributed by atoms with Gasteiger partial charge in [-0.15, -0.1) is 0 Å². The van der Waals surface area contributed by atoms with Crippen LogP contribution in [-0.2, 0) is 13.5 Å². The summed E-state index contributed by atoms with van der Waals surface area (Å²) in [6, 6.07) is 20.6. The number of aryl methyl sites for hydroxylation is 2. The van der Waals surface area contributed by atoms with Crippen molar-refractivity contribution in [2.45, 2.75) is 27.2 Å². The Kier molecular flexibility index (Phi) is 3.87. The SMILES string of the molecule is Cc1c2ccccc2c(CC(C)C)c2c1c1c3c(ccc4c5ccc(F)cc5n2c43)cc[n+]1C. The van der Waals surface area contributed by atoms with Crippen molar-refractivity contribution in [3.8, 4) is 0 Å². The highest BCUT2D eigenvalue weighted by molar-refractivity contribution is 6.28. The van der Waals surface area contributed by atoms with E-state index in [-0.39, 0.29) is 5.82 Å². The third kappa shape index (κ3) is 2.37. The third-order valence-corrected chi connectivity index (χ3v) is 7.62. The van der Waals surface area contributed by atoms with Crippen molar-refractivity contribution in [2.24, 2.45) is 13.0 Å². The Morgan fingerprint density at radius 3 is 2.41 bits per heavy atom. The summed E-state index contributed by atoms with van der Waals surface area (Å²) >= 11 is 0. The Labute approximate surface area is 197 Å². The lowest BCUT2D eigenvalue weighted by Crippen LogP contribution is -2.29. The molecule has 0 N–H and O–H groups in total. The molecular weight excluding hydrogens is 419 g/mol. The van der Waals surface area contributed by atoms with Crippen molar-refractivity contribution in [1.29, 1.82) is 0 Å². The molecule has 3 heteroatoms. The molecule has 3 heterocycles. The molecule has 0 aliphatic carbocycles. The first-order valence-electron chi connectivity index (χ1n) is 12.1. The average Bonchev–Trinajstić information content (AvgIpc) is 3.15. The van der Waals surface area contributed by atoms with Gasteiger partial charge < -0.3 is 4.40 Å². The minimum atomic E-state index is -0.198. The fraction of sp³-hybridized carbons (Fsp3) is 0.194. The molecule has 0 spiro atoms. The van der Waals surface area contributed by atoms with E-state index >= 15 is 0 Å². The van der Waals surface area contributed by atoms with Gasteiger partial charge in [0, 0.05) is 16.8 Å². The Bertz CT molecular complexity index is 1940. The minimum absolute atomic E-state index is 0.198. The summed E-state index contributed by atoms with van der Waals surface area (Å²) in [4.78, 5) is 0. The standard InChI is InChI=1S/C31H26FN2/c1-17(2)15-25-22-8-6-5-7-21(22)18(3)27-30(25)34-26-16-20(32)10-12-23(26)24-11-9-19-13-14-33(4)31(27)28(19)29(24)34/h5-14,16-17H,15H2,1-4H3/q+1. The summed E-state index contributed by atoms with van der Waals surface area (Å²) in [5, 5.41) is 8.62. The number of nitrogens with zero attached hydrogens (tertiary/aromatic N) is 2. The van der Waals surface area contributed by atoms with Crippen LogP contribution in [0.3, 0.4) is 0 Å². The lowest BCUT2D eigenvalue weighted by atomic mass is 9.89. The van der Waals surface area contributed by atoms with Gasteiger partial charge in [-0.3, -0.25) is 0 Å². The van der Waals surface area contributed by atoms with Crippen LogP contribution >= 0.6 is 0 Å². The van der Waals surface area contributed by atoms with E-state index in [0.717, 1.165) is 17.3 Å². The number of fused-ring (bicyclic) bond motifs is 7. The number of hydrogen-bond donors (Lipinski definition) is 0. The molecule has 7 rings (SSSR count). The normalized spacial score (nSPS) is 12.6.